The van der Waals surface area contributed by atoms with Crippen LogP contribution in [0.4, 0.5) is 17.1 Å². The predicted octanol–water partition coefficient (Wildman–Crippen LogP) is 8.46. The van der Waals surface area contributed by atoms with Crippen molar-refractivity contribution >= 4 is 128 Å². The van der Waals surface area contributed by atoms with Gasteiger partial charge in [-0.15, -0.1) is 23.2 Å². The minimum absolute atomic E-state index is 0. The number of anilines is 3. The number of nitrogens with two attached hydrogens (primary N) is 1. The van der Waals surface area contributed by atoms with Crippen LogP contribution in [0.1, 0.15) is 70.4 Å². The molecule has 0 saturated heterocycles. The van der Waals surface area contributed by atoms with Gasteiger partial charge in [-0.05, 0) is 96.0 Å². The molecule has 6 rings (SSSR count). The molecule has 0 unspecified atom stereocenters. The monoisotopic (exact) mass is 1000 g/mol. The fourth-order valence-corrected chi connectivity index (χ4v) is 3.85. The smallest absolute Gasteiger partial charge is 0.354 e. The van der Waals surface area contributed by atoms with Crippen LogP contribution in [0.15, 0.2) is 128 Å². The summed E-state index contributed by atoms with van der Waals surface area (Å²) in [4.78, 5) is 88.8. The maximum Gasteiger partial charge on any atom is 0.354 e. The molecular formula is C38H33Cl6N9O9S. The molecule has 0 aliphatic carbocycles. The molecule has 0 aromatic carbocycles. The zero-order valence-electron chi connectivity index (χ0n) is 31.0. The van der Waals surface area contributed by atoms with Gasteiger partial charge in [0.05, 0.1) is 5.34 Å². The molecule has 0 saturated carbocycles. The molecule has 6 aromatic heterocycles. The molecule has 0 atom stereocenters. The second-order valence-electron chi connectivity index (χ2n) is 10.3. The van der Waals surface area contributed by atoms with E-state index in [4.69, 9.17) is 66.6 Å². The number of hydrogen-bond acceptors (Lipinski definition) is 14. The Balaban J connectivity index is 0.000000835. The van der Waals surface area contributed by atoms with Gasteiger partial charge in [0.15, 0.2) is 0 Å². The molecule has 0 aliphatic heterocycles. The molecule has 0 fully saturated rings. The van der Waals surface area contributed by atoms with Gasteiger partial charge >= 0.3 is 11.9 Å². The number of nitrogens with zero attached hydrogens (tertiary/aromatic N) is 6. The van der Waals surface area contributed by atoms with Crippen molar-refractivity contribution in [2.45, 2.75) is 7.43 Å². The van der Waals surface area contributed by atoms with Crippen LogP contribution >= 0.6 is 67.8 Å². The molecule has 6 aromatic rings. The number of pyridine rings is 6. The van der Waals surface area contributed by atoms with Crippen molar-refractivity contribution in [2.24, 2.45) is 0 Å². The summed E-state index contributed by atoms with van der Waals surface area (Å²) in [6.07, 6.45) is 9.61. The number of carboxylic acid groups (broad SMARTS) is 2. The zero-order chi connectivity index (χ0) is 46.5. The quantitative estimate of drug-likeness (QED) is 0.0706. The fourth-order valence-electron chi connectivity index (χ4n) is 3.64. The predicted molar refractivity (Wildman–Crippen MR) is 243 cm³/mol. The fraction of sp³-hybridized carbons (Fsp3) is 0.0526. The second-order valence-corrected chi connectivity index (χ2v) is 14.3. The van der Waals surface area contributed by atoms with Crippen LogP contribution in [-0.4, -0.2) is 83.9 Å². The van der Waals surface area contributed by atoms with Gasteiger partial charge in [-0.1, -0.05) is 25.6 Å². The number of hydrogen-bond donors (Lipinski definition) is 5. The van der Waals surface area contributed by atoms with Gasteiger partial charge in [-0.3, -0.25) is 34.1 Å². The minimum Gasteiger partial charge on any atom is -0.477 e. The number of rotatable bonds is 8. The normalized spacial score (nSPS) is 9.19. The third-order valence-electron chi connectivity index (χ3n) is 6.14. The van der Waals surface area contributed by atoms with Crippen LogP contribution in [0, 0.1) is 0 Å². The first-order valence-corrected chi connectivity index (χ1v) is 20.8. The van der Waals surface area contributed by atoms with Gasteiger partial charge in [0, 0.05) is 75.6 Å². The highest BCUT2D eigenvalue weighted by molar-refractivity contribution is 8.26. The molecule has 6 N–H and O–H groups in total. The van der Waals surface area contributed by atoms with E-state index in [-0.39, 0.29) is 46.9 Å². The van der Waals surface area contributed by atoms with Crippen molar-refractivity contribution in [2.75, 3.05) is 21.7 Å². The van der Waals surface area contributed by atoms with Crippen LogP contribution in [0.2, 0.25) is 0 Å². The van der Waals surface area contributed by atoms with E-state index in [1.807, 2.05) is 0 Å². The van der Waals surface area contributed by atoms with Crippen molar-refractivity contribution in [1.82, 2.24) is 29.9 Å². The van der Waals surface area contributed by atoms with Crippen molar-refractivity contribution in [3.05, 3.63) is 162 Å². The summed E-state index contributed by atoms with van der Waals surface area (Å²) in [6.45, 7) is 0. The molecule has 18 nitrogen and oxygen atoms in total. The highest BCUT2D eigenvalue weighted by Gasteiger charge is 2.13. The lowest BCUT2D eigenvalue weighted by Gasteiger charge is -2.07. The van der Waals surface area contributed by atoms with Gasteiger partial charge in [-0.2, -0.15) is 0 Å². The lowest BCUT2D eigenvalue weighted by Crippen LogP contribution is -2.18. The van der Waals surface area contributed by atoms with Gasteiger partial charge in [0.25, 0.3) is 22.3 Å². The van der Waals surface area contributed by atoms with E-state index in [0.717, 1.165) is 5.69 Å². The Morgan fingerprint density at radius 1 is 0.524 bits per heavy atom. The first-order valence-electron chi connectivity index (χ1n) is 16.2. The number of aromatic nitrogens is 6. The highest BCUT2D eigenvalue weighted by atomic mass is 36.0. The molecule has 332 valence electrons. The molecule has 0 radical (unpaired) electrons. The van der Waals surface area contributed by atoms with Crippen LogP contribution in [0.5, 0.6) is 0 Å². The Bertz CT molecular complexity index is 2200. The number of aromatic carboxylic acids is 2. The third kappa shape index (κ3) is 25.4. The number of carboxylic acids is 2. The van der Waals surface area contributed by atoms with Crippen LogP contribution < -0.4 is 16.4 Å². The molecule has 63 heavy (non-hydrogen) atoms. The molecule has 25 heteroatoms. The maximum absolute atomic E-state index is 12.2. The summed E-state index contributed by atoms with van der Waals surface area (Å²) in [7, 11) is 7.36. The Kier molecular flexibility index (Phi) is 29.3. The van der Waals surface area contributed by atoms with Crippen molar-refractivity contribution in [1.29, 1.82) is 0 Å². The highest BCUT2D eigenvalue weighted by Crippen LogP contribution is 2.10. The lowest BCUT2D eigenvalue weighted by molar-refractivity contribution is 0.0683. The van der Waals surface area contributed by atoms with E-state index in [0.29, 0.717) is 11.4 Å². The average Bonchev–Trinajstić information content (AvgIpc) is 3.25. The zero-order valence-corrected chi connectivity index (χ0v) is 36.4. The molecule has 2 amide bonds. The van der Waals surface area contributed by atoms with E-state index in [1.54, 1.807) is 91.8 Å². The number of alkyl halides is 2. The van der Waals surface area contributed by atoms with Gasteiger partial charge < -0.3 is 26.6 Å². The number of nitrogen functional groups attached to an aromatic ring is 1. The number of halogens is 6. The van der Waals surface area contributed by atoms with Crippen molar-refractivity contribution in [3.8, 4) is 0 Å². The molecule has 6 heterocycles. The molecular weight excluding hydrogens is 971 g/mol. The largest absolute Gasteiger partial charge is 0.477 e. The third-order valence-corrected chi connectivity index (χ3v) is 6.52. The first kappa shape index (κ1) is 56.8. The van der Waals surface area contributed by atoms with E-state index in [9.17, 15) is 28.8 Å². The average molecular weight is 1000 g/mol. The number of amides is 2. The van der Waals surface area contributed by atoms with E-state index in [2.05, 4.69) is 61.9 Å². The Morgan fingerprint density at radius 3 is 1.05 bits per heavy atom. The van der Waals surface area contributed by atoms with Gasteiger partial charge in [-0.25, -0.2) is 28.7 Å². The summed E-state index contributed by atoms with van der Waals surface area (Å²) < 4.78 is 9.09. The summed E-state index contributed by atoms with van der Waals surface area (Å²) in [5, 5.41) is 21.0. The SMILES string of the molecule is C.ClCCl.Nc1ccncc1.O=C(Cl)c1cccc(C(=O)Cl)n1.O=C(Nc1ccncc1)c1cccc(C(=O)Nc2ccncc2)n1.O=C(O)c1cccc(C(=O)O)n1.O=S(Cl)Cl. The number of carbonyl (C=O) groups excluding carboxylic acids is 4. The van der Waals surface area contributed by atoms with Crippen molar-refractivity contribution < 1.29 is 43.2 Å². The Morgan fingerprint density at radius 2 is 0.778 bits per heavy atom. The van der Waals surface area contributed by atoms with Gasteiger partial charge in [0.2, 0.25) is 9.23 Å². The van der Waals surface area contributed by atoms with Crippen molar-refractivity contribution in [3.63, 3.8) is 0 Å². The summed E-state index contributed by atoms with van der Waals surface area (Å²) >= 11 is 19.8. The number of nitrogens with one attached hydrogen (secondary N) is 2. The Labute approximate surface area is 390 Å². The topological polar surface area (TPSA) is 287 Å². The van der Waals surface area contributed by atoms with E-state index >= 15 is 0 Å². The molecule has 0 aliphatic rings. The summed E-state index contributed by atoms with van der Waals surface area (Å²) in [5.74, 6) is -3.28. The van der Waals surface area contributed by atoms with E-state index < -0.39 is 43.5 Å². The maximum atomic E-state index is 12.2. The number of carbonyl (C=O) groups is 6. The minimum atomic E-state index is -1.67. The van der Waals surface area contributed by atoms with E-state index in [1.165, 1.54) is 36.4 Å². The summed E-state index contributed by atoms with van der Waals surface area (Å²) in [5.41, 5.74) is 7.07. The van der Waals surface area contributed by atoms with Crippen LogP contribution in [-0.2, 0) is 9.23 Å². The first-order chi connectivity index (χ1) is 29.5. The summed E-state index contributed by atoms with van der Waals surface area (Å²) in [6, 6.07) is 22.9. The van der Waals surface area contributed by atoms with Gasteiger partial charge in [0.1, 0.15) is 34.2 Å². The van der Waals surface area contributed by atoms with Crippen LogP contribution in [0.25, 0.3) is 0 Å². The Hall–Kier alpha value is -6.19. The lowest BCUT2D eigenvalue weighted by atomic mass is 10.2. The second kappa shape index (κ2) is 32.5. The molecule has 0 bridgehead atoms. The van der Waals surface area contributed by atoms with Crippen LogP contribution in [0.3, 0.4) is 0 Å². The molecule has 0 spiro atoms. The standard InChI is InChI=1S/C17H13N5O2.C7H3Cl2NO2.C7H5NO4.C5H6N2.CH2Cl2.CH4.Cl2OS/c23-16(20-12-4-8-18-9-5-12)14-2-1-3-15(22-14)17(24)21-13-6-10-19-11-7-13;8-6(11)4-2-1-3-5(10-4)7(9)12;9-6(10)4-2-1-3-5(8-4)7(11)12;6-5-1-3-7-4-2-5;2-1-3;;1-4(2)3/h1-11H,(H,18,20,23)(H,19,21,24);1-3H;1-3H,(H,9,10)(H,11,12);1-4H,(H2,6,7);1H2;1H4;.